The largest absolute Gasteiger partial charge is 0.475 e. The number of methoxy groups -OCH3 is 1. The van der Waals surface area contributed by atoms with Crippen molar-refractivity contribution in [3.8, 4) is 17.0 Å². The molecule has 2 aromatic rings. The summed E-state index contributed by atoms with van der Waals surface area (Å²) in [7, 11) is 1.65. The standard InChI is InChI=1S/C14H15NO2/c1-16-10-11-17-14-13(8-5-9-15-14)12-6-3-2-4-7-12/h2-9H,10-11H2,1H3. The molecule has 0 aliphatic carbocycles. The second-order valence-corrected chi connectivity index (χ2v) is 3.56. The first-order chi connectivity index (χ1) is 8.42. The first-order valence-electron chi connectivity index (χ1n) is 5.54. The molecule has 0 spiro atoms. The van der Waals surface area contributed by atoms with Crippen LogP contribution in [0.5, 0.6) is 5.88 Å². The predicted molar refractivity (Wildman–Crippen MR) is 67.0 cm³/mol. The lowest BCUT2D eigenvalue weighted by molar-refractivity contribution is 0.144. The van der Waals surface area contributed by atoms with E-state index in [9.17, 15) is 0 Å². The summed E-state index contributed by atoms with van der Waals surface area (Å²) in [5.41, 5.74) is 2.11. The van der Waals surface area contributed by atoms with E-state index in [0.717, 1.165) is 11.1 Å². The van der Waals surface area contributed by atoms with Gasteiger partial charge in [0.15, 0.2) is 0 Å². The van der Waals surface area contributed by atoms with Crippen LogP contribution in [-0.4, -0.2) is 25.3 Å². The third kappa shape index (κ3) is 3.04. The average molecular weight is 229 g/mol. The highest BCUT2D eigenvalue weighted by Crippen LogP contribution is 2.27. The molecule has 0 N–H and O–H groups in total. The summed E-state index contributed by atoms with van der Waals surface area (Å²) in [6, 6.07) is 14.0. The Balaban J connectivity index is 2.22. The third-order valence-corrected chi connectivity index (χ3v) is 2.38. The summed E-state index contributed by atoms with van der Waals surface area (Å²) < 4.78 is 10.6. The molecule has 88 valence electrons. The van der Waals surface area contributed by atoms with E-state index in [2.05, 4.69) is 4.98 Å². The summed E-state index contributed by atoms with van der Waals surface area (Å²) in [6.07, 6.45) is 1.73. The van der Waals surface area contributed by atoms with Gasteiger partial charge in [-0.1, -0.05) is 30.3 Å². The highest BCUT2D eigenvalue weighted by Gasteiger charge is 2.06. The van der Waals surface area contributed by atoms with Gasteiger partial charge < -0.3 is 9.47 Å². The number of rotatable bonds is 5. The van der Waals surface area contributed by atoms with Crippen LogP contribution in [0, 0.1) is 0 Å². The monoisotopic (exact) mass is 229 g/mol. The fourth-order valence-electron chi connectivity index (χ4n) is 1.56. The van der Waals surface area contributed by atoms with Gasteiger partial charge in [-0.15, -0.1) is 0 Å². The van der Waals surface area contributed by atoms with Gasteiger partial charge in [-0.05, 0) is 17.7 Å². The molecular formula is C14H15NO2. The Hall–Kier alpha value is -1.87. The highest BCUT2D eigenvalue weighted by atomic mass is 16.5. The normalized spacial score (nSPS) is 10.2. The van der Waals surface area contributed by atoms with Gasteiger partial charge in [0.1, 0.15) is 6.61 Å². The average Bonchev–Trinajstić information content (AvgIpc) is 2.41. The second-order valence-electron chi connectivity index (χ2n) is 3.56. The molecule has 0 saturated heterocycles. The first kappa shape index (κ1) is 11.6. The number of ether oxygens (including phenoxy) is 2. The topological polar surface area (TPSA) is 31.4 Å². The van der Waals surface area contributed by atoms with Crippen LogP contribution in [0.15, 0.2) is 48.7 Å². The zero-order valence-electron chi connectivity index (χ0n) is 9.80. The highest BCUT2D eigenvalue weighted by molar-refractivity contribution is 5.68. The van der Waals surface area contributed by atoms with Gasteiger partial charge >= 0.3 is 0 Å². The summed E-state index contributed by atoms with van der Waals surface area (Å²) >= 11 is 0. The van der Waals surface area contributed by atoms with E-state index in [0.29, 0.717) is 19.1 Å². The van der Waals surface area contributed by atoms with Crippen molar-refractivity contribution in [2.24, 2.45) is 0 Å². The minimum Gasteiger partial charge on any atom is -0.475 e. The van der Waals surface area contributed by atoms with E-state index in [4.69, 9.17) is 9.47 Å². The maximum atomic E-state index is 5.60. The molecule has 0 saturated carbocycles. The van der Waals surface area contributed by atoms with Crippen molar-refractivity contribution >= 4 is 0 Å². The van der Waals surface area contributed by atoms with Gasteiger partial charge in [0, 0.05) is 18.9 Å². The second kappa shape index (κ2) is 6.01. The maximum absolute atomic E-state index is 5.60. The van der Waals surface area contributed by atoms with Crippen LogP contribution in [-0.2, 0) is 4.74 Å². The van der Waals surface area contributed by atoms with Crippen LogP contribution in [0.2, 0.25) is 0 Å². The lowest BCUT2D eigenvalue weighted by Crippen LogP contribution is -2.06. The molecule has 1 aromatic heterocycles. The Kier molecular flexibility index (Phi) is 4.11. The zero-order chi connectivity index (χ0) is 11.9. The predicted octanol–water partition coefficient (Wildman–Crippen LogP) is 2.77. The number of benzene rings is 1. The van der Waals surface area contributed by atoms with Crippen molar-refractivity contribution in [2.75, 3.05) is 20.3 Å². The Morgan fingerprint density at radius 2 is 1.82 bits per heavy atom. The van der Waals surface area contributed by atoms with Crippen LogP contribution in [0.1, 0.15) is 0 Å². The molecule has 0 bridgehead atoms. The van der Waals surface area contributed by atoms with Crippen molar-refractivity contribution in [3.63, 3.8) is 0 Å². The van der Waals surface area contributed by atoms with Crippen molar-refractivity contribution in [1.82, 2.24) is 4.98 Å². The van der Waals surface area contributed by atoms with Gasteiger partial charge in [0.25, 0.3) is 0 Å². The number of pyridine rings is 1. The van der Waals surface area contributed by atoms with Crippen LogP contribution in [0.25, 0.3) is 11.1 Å². The van der Waals surface area contributed by atoms with Gasteiger partial charge in [-0.3, -0.25) is 0 Å². The van der Waals surface area contributed by atoms with Gasteiger partial charge in [-0.2, -0.15) is 0 Å². The van der Waals surface area contributed by atoms with Gasteiger partial charge in [0.05, 0.1) is 6.61 Å². The molecule has 0 aliphatic heterocycles. The summed E-state index contributed by atoms with van der Waals surface area (Å²) in [6.45, 7) is 1.07. The van der Waals surface area contributed by atoms with Crippen LogP contribution in [0.4, 0.5) is 0 Å². The number of aromatic nitrogens is 1. The summed E-state index contributed by atoms with van der Waals surface area (Å²) in [4.78, 5) is 4.25. The molecule has 3 nitrogen and oxygen atoms in total. The Morgan fingerprint density at radius 3 is 2.59 bits per heavy atom. The molecule has 0 radical (unpaired) electrons. The minimum atomic E-state index is 0.507. The van der Waals surface area contributed by atoms with Gasteiger partial charge in [0.2, 0.25) is 5.88 Å². The van der Waals surface area contributed by atoms with E-state index in [1.54, 1.807) is 13.3 Å². The Bertz CT molecular complexity index is 457. The summed E-state index contributed by atoms with van der Waals surface area (Å²) in [5.74, 6) is 0.649. The molecule has 17 heavy (non-hydrogen) atoms. The van der Waals surface area contributed by atoms with E-state index in [1.807, 2.05) is 42.5 Å². The lowest BCUT2D eigenvalue weighted by atomic mass is 10.1. The fraction of sp³-hybridized carbons (Fsp3) is 0.214. The first-order valence-corrected chi connectivity index (χ1v) is 5.54. The number of nitrogens with zero attached hydrogens (tertiary/aromatic N) is 1. The van der Waals surface area contributed by atoms with Crippen LogP contribution >= 0.6 is 0 Å². The molecule has 2 rings (SSSR count). The molecule has 1 heterocycles. The van der Waals surface area contributed by atoms with E-state index in [1.165, 1.54) is 0 Å². The molecule has 0 atom stereocenters. The number of hydrogen-bond donors (Lipinski definition) is 0. The molecule has 0 fully saturated rings. The Labute approximate surface area is 101 Å². The molecule has 0 aliphatic rings. The van der Waals surface area contributed by atoms with E-state index < -0.39 is 0 Å². The molecule has 0 amide bonds. The van der Waals surface area contributed by atoms with Crippen molar-refractivity contribution in [3.05, 3.63) is 48.7 Å². The quantitative estimate of drug-likeness (QED) is 0.739. The zero-order valence-corrected chi connectivity index (χ0v) is 9.80. The van der Waals surface area contributed by atoms with E-state index >= 15 is 0 Å². The van der Waals surface area contributed by atoms with Crippen molar-refractivity contribution < 1.29 is 9.47 Å². The third-order valence-electron chi connectivity index (χ3n) is 2.38. The van der Waals surface area contributed by atoms with Crippen molar-refractivity contribution in [1.29, 1.82) is 0 Å². The van der Waals surface area contributed by atoms with Gasteiger partial charge in [-0.25, -0.2) is 4.98 Å². The smallest absolute Gasteiger partial charge is 0.221 e. The molecule has 1 aromatic carbocycles. The van der Waals surface area contributed by atoms with Crippen molar-refractivity contribution in [2.45, 2.75) is 0 Å². The van der Waals surface area contributed by atoms with Crippen LogP contribution in [0.3, 0.4) is 0 Å². The molecular weight excluding hydrogens is 214 g/mol. The Morgan fingerprint density at radius 1 is 1.00 bits per heavy atom. The number of hydrogen-bond acceptors (Lipinski definition) is 3. The SMILES string of the molecule is COCCOc1ncccc1-c1ccccc1. The van der Waals surface area contributed by atoms with Crippen LogP contribution < -0.4 is 4.74 Å². The molecule has 0 unspecified atom stereocenters. The summed E-state index contributed by atoms with van der Waals surface area (Å²) in [5, 5.41) is 0. The van der Waals surface area contributed by atoms with E-state index in [-0.39, 0.29) is 0 Å². The lowest BCUT2D eigenvalue weighted by Gasteiger charge is -2.09. The minimum absolute atomic E-state index is 0.507. The fourth-order valence-corrected chi connectivity index (χ4v) is 1.56. The maximum Gasteiger partial charge on any atom is 0.221 e. The molecule has 3 heteroatoms.